The zero-order valence-corrected chi connectivity index (χ0v) is 16.9. The number of carbonyl (C=O) groups is 2. The lowest BCUT2D eigenvalue weighted by Gasteiger charge is -2.27. The highest BCUT2D eigenvalue weighted by atomic mass is 16.2. The van der Waals surface area contributed by atoms with Crippen LogP contribution in [0, 0.1) is 19.3 Å². The van der Waals surface area contributed by atoms with E-state index in [0.717, 1.165) is 17.0 Å². The first-order valence-electron chi connectivity index (χ1n) is 9.98. The van der Waals surface area contributed by atoms with Gasteiger partial charge in [-0.3, -0.25) is 14.5 Å². The van der Waals surface area contributed by atoms with Crippen molar-refractivity contribution in [2.45, 2.75) is 33.4 Å². The summed E-state index contributed by atoms with van der Waals surface area (Å²) in [5, 5.41) is 3.11. The van der Waals surface area contributed by atoms with Crippen LogP contribution in [0.25, 0.3) is 5.65 Å². The largest absolute Gasteiger partial charge is 0.347 e. The second kappa shape index (κ2) is 6.26. The lowest BCUT2D eigenvalue weighted by atomic mass is 9.78. The van der Waals surface area contributed by atoms with Gasteiger partial charge >= 0.3 is 0 Å². The number of ketones is 1. The van der Waals surface area contributed by atoms with Crippen molar-refractivity contribution in [2.24, 2.45) is 5.41 Å². The molecule has 4 heterocycles. The molecule has 2 aliphatic rings. The van der Waals surface area contributed by atoms with Gasteiger partial charge in [-0.05, 0) is 44.5 Å². The lowest BCUT2D eigenvalue weighted by Crippen LogP contribution is -2.47. The van der Waals surface area contributed by atoms with Crippen molar-refractivity contribution in [3.05, 3.63) is 70.7 Å². The number of hydrogen-bond donors (Lipinski definition) is 1. The molecule has 6 heteroatoms. The predicted molar refractivity (Wildman–Crippen MR) is 110 cm³/mol. The van der Waals surface area contributed by atoms with Crippen molar-refractivity contribution in [1.82, 2.24) is 19.6 Å². The Kier molecular flexibility index (Phi) is 3.90. The molecule has 2 atom stereocenters. The molecule has 0 spiro atoms. The number of benzene rings is 1. The number of amides is 1. The standard InChI is InChI=1S/C23H24N4O2/c1-14-8-9-27-18(15(2)24-20(27)10-14)11-26-12-19-23(3,13-26)21(28)16-6-4-5-7-17(16)22(29)25-19/h4-10,19H,11-13H2,1-3H3,(H,25,29)/t19-,23+/m1/s1. The van der Waals surface area contributed by atoms with Crippen LogP contribution in [-0.2, 0) is 6.54 Å². The first-order valence-corrected chi connectivity index (χ1v) is 9.98. The van der Waals surface area contributed by atoms with Gasteiger partial charge in [-0.15, -0.1) is 0 Å². The van der Waals surface area contributed by atoms with Gasteiger partial charge in [0.1, 0.15) is 5.65 Å². The second-order valence-electron chi connectivity index (χ2n) is 8.56. The van der Waals surface area contributed by atoms with Crippen LogP contribution < -0.4 is 5.32 Å². The highest BCUT2D eigenvalue weighted by Crippen LogP contribution is 2.38. The van der Waals surface area contributed by atoms with Crippen LogP contribution in [0.2, 0.25) is 0 Å². The summed E-state index contributed by atoms with van der Waals surface area (Å²) in [6.07, 6.45) is 2.05. The lowest BCUT2D eigenvalue weighted by molar-refractivity contribution is 0.0789. The van der Waals surface area contributed by atoms with Gasteiger partial charge in [0.05, 0.1) is 28.4 Å². The predicted octanol–water partition coefficient (Wildman–Crippen LogP) is 2.77. The molecule has 1 fully saturated rings. The second-order valence-corrected chi connectivity index (χ2v) is 8.56. The van der Waals surface area contributed by atoms with Gasteiger partial charge in [0.2, 0.25) is 0 Å². The monoisotopic (exact) mass is 388 g/mol. The van der Waals surface area contributed by atoms with E-state index in [4.69, 9.17) is 4.98 Å². The quantitative estimate of drug-likeness (QED) is 0.733. The summed E-state index contributed by atoms with van der Waals surface area (Å²) >= 11 is 0. The molecule has 1 saturated heterocycles. The van der Waals surface area contributed by atoms with Gasteiger partial charge in [-0.2, -0.15) is 0 Å². The first kappa shape index (κ1) is 18.1. The number of likely N-dealkylation sites (tertiary alicyclic amines) is 1. The number of rotatable bonds is 2. The molecule has 1 amide bonds. The molecule has 2 aliphatic heterocycles. The Hall–Kier alpha value is -2.99. The average molecular weight is 388 g/mol. The summed E-state index contributed by atoms with van der Waals surface area (Å²) < 4.78 is 2.12. The normalized spacial score (nSPS) is 24.3. The Labute approximate surface area is 169 Å². The van der Waals surface area contributed by atoms with Gasteiger partial charge in [0.25, 0.3) is 5.91 Å². The smallest absolute Gasteiger partial charge is 0.252 e. The molecule has 0 bridgehead atoms. The molecule has 29 heavy (non-hydrogen) atoms. The van der Waals surface area contributed by atoms with Crippen molar-refractivity contribution in [3.63, 3.8) is 0 Å². The van der Waals surface area contributed by atoms with E-state index in [1.807, 2.05) is 19.9 Å². The van der Waals surface area contributed by atoms with Crippen molar-refractivity contribution < 1.29 is 9.59 Å². The van der Waals surface area contributed by atoms with Crippen LogP contribution >= 0.6 is 0 Å². The number of nitrogens with one attached hydrogen (secondary N) is 1. The van der Waals surface area contributed by atoms with Gasteiger partial charge in [-0.1, -0.05) is 18.2 Å². The Morgan fingerprint density at radius 1 is 1.17 bits per heavy atom. The van der Waals surface area contributed by atoms with E-state index in [1.54, 1.807) is 18.2 Å². The van der Waals surface area contributed by atoms with E-state index in [9.17, 15) is 9.59 Å². The molecule has 0 unspecified atom stereocenters. The van der Waals surface area contributed by atoms with Crippen molar-refractivity contribution in [3.8, 4) is 0 Å². The number of pyridine rings is 1. The van der Waals surface area contributed by atoms with Gasteiger partial charge in [0.15, 0.2) is 5.78 Å². The molecule has 148 valence electrons. The Morgan fingerprint density at radius 2 is 1.93 bits per heavy atom. The minimum absolute atomic E-state index is 0.0458. The number of carbonyl (C=O) groups excluding carboxylic acids is 2. The summed E-state index contributed by atoms with van der Waals surface area (Å²) in [5.41, 5.74) is 4.60. The van der Waals surface area contributed by atoms with E-state index >= 15 is 0 Å². The van der Waals surface area contributed by atoms with E-state index in [0.29, 0.717) is 30.8 Å². The molecule has 1 N–H and O–H groups in total. The van der Waals surface area contributed by atoms with Crippen LogP contribution in [-0.4, -0.2) is 45.1 Å². The van der Waals surface area contributed by atoms with E-state index in [2.05, 4.69) is 39.9 Å². The summed E-state index contributed by atoms with van der Waals surface area (Å²) in [7, 11) is 0. The number of aromatic nitrogens is 2. The van der Waals surface area contributed by atoms with Crippen LogP contribution in [0.3, 0.4) is 0 Å². The molecule has 0 radical (unpaired) electrons. The SMILES string of the molecule is Cc1ccn2c(CN3C[C@H]4NC(=O)c5ccccc5C(=O)[C@@]4(C)C3)c(C)nc2c1. The molecule has 0 saturated carbocycles. The minimum Gasteiger partial charge on any atom is -0.347 e. The summed E-state index contributed by atoms with van der Waals surface area (Å²) in [6, 6.07) is 11.1. The number of Topliss-reactive ketones (excluding diaryl/α,β-unsaturated/α-hetero) is 1. The zero-order chi connectivity index (χ0) is 20.3. The van der Waals surface area contributed by atoms with Gasteiger partial charge in [0, 0.05) is 31.4 Å². The Morgan fingerprint density at radius 3 is 2.72 bits per heavy atom. The third-order valence-corrected chi connectivity index (χ3v) is 6.46. The highest BCUT2D eigenvalue weighted by molar-refractivity contribution is 6.12. The molecule has 0 aliphatic carbocycles. The molecular weight excluding hydrogens is 364 g/mol. The molecule has 5 rings (SSSR count). The number of imidazole rings is 1. The molecule has 6 nitrogen and oxygen atoms in total. The molecule has 1 aromatic carbocycles. The minimum atomic E-state index is -0.646. The molecular formula is C23H24N4O2. The van der Waals surface area contributed by atoms with Crippen LogP contribution in [0.5, 0.6) is 0 Å². The third-order valence-electron chi connectivity index (χ3n) is 6.46. The maximum atomic E-state index is 13.4. The van der Waals surface area contributed by atoms with E-state index in [1.165, 1.54) is 5.56 Å². The Balaban J connectivity index is 1.48. The van der Waals surface area contributed by atoms with Crippen LogP contribution in [0.15, 0.2) is 42.6 Å². The average Bonchev–Trinajstić information content (AvgIpc) is 3.15. The molecule has 3 aromatic rings. The van der Waals surface area contributed by atoms with Gasteiger partial charge in [-0.25, -0.2) is 4.98 Å². The zero-order valence-electron chi connectivity index (χ0n) is 16.9. The summed E-state index contributed by atoms with van der Waals surface area (Å²) in [5.74, 6) is -0.115. The summed E-state index contributed by atoms with van der Waals surface area (Å²) in [4.78, 5) is 33.1. The van der Waals surface area contributed by atoms with Crippen molar-refractivity contribution >= 4 is 17.3 Å². The fourth-order valence-corrected chi connectivity index (χ4v) is 4.79. The fourth-order valence-electron chi connectivity index (χ4n) is 4.79. The summed E-state index contributed by atoms with van der Waals surface area (Å²) in [6.45, 7) is 7.99. The maximum absolute atomic E-state index is 13.4. The number of nitrogens with zero attached hydrogens (tertiary/aromatic N) is 3. The van der Waals surface area contributed by atoms with Gasteiger partial charge < -0.3 is 9.72 Å². The first-order chi connectivity index (χ1) is 13.9. The number of hydrogen-bond acceptors (Lipinski definition) is 4. The Bertz CT molecular complexity index is 1160. The van der Waals surface area contributed by atoms with Crippen molar-refractivity contribution in [2.75, 3.05) is 13.1 Å². The fraction of sp³-hybridized carbons (Fsp3) is 0.348. The third kappa shape index (κ3) is 2.70. The number of aryl methyl sites for hydroxylation is 2. The van der Waals surface area contributed by atoms with Crippen molar-refractivity contribution in [1.29, 1.82) is 0 Å². The maximum Gasteiger partial charge on any atom is 0.252 e. The van der Waals surface area contributed by atoms with E-state index < -0.39 is 5.41 Å². The topological polar surface area (TPSA) is 66.7 Å². The molecule has 2 aromatic heterocycles. The number of fused-ring (bicyclic) bond motifs is 3. The van der Waals surface area contributed by atoms with Crippen LogP contribution in [0.4, 0.5) is 0 Å². The highest BCUT2D eigenvalue weighted by Gasteiger charge is 2.51. The van der Waals surface area contributed by atoms with E-state index in [-0.39, 0.29) is 17.7 Å². The van der Waals surface area contributed by atoms with Crippen LogP contribution in [0.1, 0.15) is 44.6 Å².